The Hall–Kier alpha value is -0.617. The first-order valence-electron chi connectivity index (χ1n) is 14.8. The minimum atomic E-state index is -2.61. The van der Waals surface area contributed by atoms with Gasteiger partial charge in [0.05, 0.1) is 0 Å². The van der Waals surface area contributed by atoms with Crippen molar-refractivity contribution in [1.29, 1.82) is 0 Å². The zero-order chi connectivity index (χ0) is 23.6. The average Bonchev–Trinajstić information content (AvgIpc) is 3.29. The number of fused-ring (bicyclic) bond motifs is 2. The van der Waals surface area contributed by atoms with Crippen LogP contribution in [-0.2, 0) is 20.3 Å². The van der Waals surface area contributed by atoms with E-state index in [1.54, 1.807) is 33.4 Å². The monoisotopic (exact) mass is 610 g/mol. The fourth-order valence-corrected chi connectivity index (χ4v) is 28.7. The molecule has 4 aliphatic carbocycles. The summed E-state index contributed by atoms with van der Waals surface area (Å²) in [5, 5.41) is 0. The molecule has 1 saturated heterocycles. The van der Waals surface area contributed by atoms with Crippen molar-refractivity contribution in [1.82, 2.24) is 0 Å². The van der Waals surface area contributed by atoms with Gasteiger partial charge in [-0.1, -0.05) is 0 Å². The predicted octanol–water partition coefficient (Wildman–Crippen LogP) is 4.41. The molecule has 0 bridgehead atoms. The van der Waals surface area contributed by atoms with Crippen molar-refractivity contribution in [2.45, 2.75) is 104 Å². The third kappa shape index (κ3) is 4.33. The molecule has 7 rings (SSSR count). The zero-order valence-corrected chi connectivity index (χ0v) is 26.5. The van der Waals surface area contributed by atoms with Crippen LogP contribution in [0.3, 0.4) is 0 Å². The molecule has 0 N–H and O–H groups in total. The molecule has 3 fully saturated rings. The first-order chi connectivity index (χ1) is 17.2. The second-order valence-electron chi connectivity index (χ2n) is 12.6. The summed E-state index contributed by atoms with van der Waals surface area (Å²) in [5.41, 5.74) is 10.1. The molecule has 3 heteroatoms. The third-order valence-electron chi connectivity index (χ3n) is 11.3. The maximum Gasteiger partial charge on any atom is -1.00 e. The Kier molecular flexibility index (Phi) is 8.38. The van der Waals surface area contributed by atoms with Gasteiger partial charge in [0.1, 0.15) is 0 Å². The van der Waals surface area contributed by atoms with Gasteiger partial charge in [-0.15, -0.1) is 0 Å². The maximum atomic E-state index is 2.71. The molecular formula is C34H42Cl2Zr. The van der Waals surface area contributed by atoms with E-state index in [0.29, 0.717) is 0 Å². The van der Waals surface area contributed by atoms with Crippen molar-refractivity contribution in [3.8, 4) is 0 Å². The van der Waals surface area contributed by atoms with E-state index in [1.807, 2.05) is 0 Å². The first kappa shape index (κ1) is 27.9. The average molecular weight is 613 g/mol. The van der Waals surface area contributed by atoms with Crippen molar-refractivity contribution in [3.05, 3.63) is 81.9 Å². The molecular weight excluding hydrogens is 571 g/mol. The van der Waals surface area contributed by atoms with Gasteiger partial charge in [-0.25, -0.2) is 0 Å². The quantitative estimate of drug-likeness (QED) is 0.480. The Balaban J connectivity index is 0.00000140. The zero-order valence-electron chi connectivity index (χ0n) is 22.6. The second-order valence-corrected chi connectivity index (χ2v) is 25.1. The van der Waals surface area contributed by atoms with E-state index in [9.17, 15) is 0 Å². The third-order valence-corrected chi connectivity index (χ3v) is 28.4. The van der Waals surface area contributed by atoms with Crippen LogP contribution in [0.5, 0.6) is 0 Å². The van der Waals surface area contributed by atoms with Crippen LogP contribution in [0.1, 0.15) is 131 Å². The molecule has 2 aromatic carbocycles. The summed E-state index contributed by atoms with van der Waals surface area (Å²) in [6.07, 6.45) is 24.8. The van der Waals surface area contributed by atoms with Crippen LogP contribution in [-0.4, -0.2) is 0 Å². The van der Waals surface area contributed by atoms with Gasteiger partial charge in [-0.2, -0.15) is 0 Å². The molecule has 196 valence electrons. The Morgan fingerprint density at radius 1 is 0.541 bits per heavy atom. The molecule has 4 atom stereocenters. The van der Waals surface area contributed by atoms with Crippen LogP contribution in [0.4, 0.5) is 0 Å². The van der Waals surface area contributed by atoms with Crippen LogP contribution in [0, 0.1) is 0 Å². The largest absolute Gasteiger partial charge is 1.00 e. The van der Waals surface area contributed by atoms with Crippen molar-refractivity contribution >= 4 is 12.2 Å². The summed E-state index contributed by atoms with van der Waals surface area (Å²) >= 11 is -2.61. The molecule has 1 aliphatic heterocycles. The van der Waals surface area contributed by atoms with E-state index in [0.717, 1.165) is 26.3 Å². The maximum absolute atomic E-state index is 2.71. The minimum Gasteiger partial charge on any atom is -1.00 e. The Bertz CT molecular complexity index is 1090. The van der Waals surface area contributed by atoms with Crippen molar-refractivity contribution < 1.29 is 45.1 Å². The molecule has 0 spiro atoms. The Morgan fingerprint density at radius 2 is 0.919 bits per heavy atom. The van der Waals surface area contributed by atoms with Crippen LogP contribution >= 0.6 is 0 Å². The van der Waals surface area contributed by atoms with Gasteiger partial charge in [0.2, 0.25) is 0 Å². The summed E-state index contributed by atoms with van der Waals surface area (Å²) < 4.78 is 3.43. The summed E-state index contributed by atoms with van der Waals surface area (Å²) in [6, 6.07) is 14.8. The summed E-state index contributed by atoms with van der Waals surface area (Å²) in [7, 11) is 0. The molecule has 0 radical (unpaired) electrons. The second kappa shape index (κ2) is 11.1. The molecule has 1 heterocycles. The molecule has 5 aliphatic rings. The van der Waals surface area contributed by atoms with Crippen LogP contribution in [0.25, 0.3) is 12.2 Å². The number of hydrogen-bond donors (Lipinski definition) is 0. The predicted molar refractivity (Wildman–Crippen MR) is 147 cm³/mol. The summed E-state index contributed by atoms with van der Waals surface area (Å²) in [6.45, 7) is 5.27. The van der Waals surface area contributed by atoms with Gasteiger partial charge in [-0.3, -0.25) is 0 Å². The van der Waals surface area contributed by atoms with Crippen molar-refractivity contribution in [2.24, 2.45) is 0 Å². The Morgan fingerprint density at radius 3 is 1.30 bits per heavy atom. The molecule has 2 aromatic rings. The van der Waals surface area contributed by atoms with Gasteiger partial charge < -0.3 is 24.8 Å². The Labute approximate surface area is 242 Å². The molecule has 2 saturated carbocycles. The first-order valence-corrected chi connectivity index (χ1v) is 20.5. The van der Waals surface area contributed by atoms with Gasteiger partial charge in [0.15, 0.2) is 0 Å². The number of hydrogen-bond acceptors (Lipinski definition) is 0. The number of benzene rings is 2. The number of rotatable bonds is 4. The van der Waals surface area contributed by atoms with Crippen LogP contribution < -0.4 is 24.8 Å². The van der Waals surface area contributed by atoms with Crippen LogP contribution in [0.2, 0.25) is 7.25 Å². The summed E-state index contributed by atoms with van der Waals surface area (Å²) in [4.78, 5) is 0. The standard InChI is InChI=1S/2C15H17.C4H8.2ClH.Zr/c2*1-2-6-12(7-3-1)14-10-4-8-13-9-5-11-15(13)14;1-3-4-2;;;/h2*4-5,8-12H,1-3,6-7H2;3-4H,1-2H3;2*1H;/q;;;;;+2/p-2. The fourth-order valence-electron chi connectivity index (χ4n) is 9.30. The van der Waals surface area contributed by atoms with Gasteiger partial charge in [-0.05, 0) is 0 Å². The van der Waals surface area contributed by atoms with Crippen molar-refractivity contribution in [2.75, 3.05) is 0 Å². The van der Waals surface area contributed by atoms with Gasteiger partial charge in [0.25, 0.3) is 0 Å². The van der Waals surface area contributed by atoms with E-state index < -0.39 is 20.3 Å². The van der Waals surface area contributed by atoms with Gasteiger partial charge >= 0.3 is 219 Å². The molecule has 0 nitrogen and oxygen atoms in total. The minimum absolute atomic E-state index is 0. The van der Waals surface area contributed by atoms with E-state index in [4.69, 9.17) is 0 Å². The van der Waals surface area contributed by atoms with E-state index in [1.165, 1.54) is 64.2 Å². The fraction of sp³-hybridized carbons (Fsp3) is 0.529. The number of allylic oxidation sites excluding steroid dienone is 2. The molecule has 0 aromatic heterocycles. The molecule has 37 heavy (non-hydrogen) atoms. The molecule has 0 amide bonds. The normalized spacial score (nSPS) is 30.6. The van der Waals surface area contributed by atoms with Gasteiger partial charge in [0, 0.05) is 0 Å². The number of halogens is 2. The van der Waals surface area contributed by atoms with E-state index in [2.05, 4.69) is 74.5 Å². The summed E-state index contributed by atoms with van der Waals surface area (Å²) in [5.74, 6) is 1.60. The van der Waals surface area contributed by atoms with E-state index in [-0.39, 0.29) is 24.8 Å². The molecule has 4 unspecified atom stereocenters. The van der Waals surface area contributed by atoms with E-state index >= 15 is 0 Å². The van der Waals surface area contributed by atoms with Crippen LogP contribution in [0.15, 0.2) is 48.6 Å². The topological polar surface area (TPSA) is 0 Å². The van der Waals surface area contributed by atoms with Crippen molar-refractivity contribution in [3.63, 3.8) is 0 Å². The SMILES string of the molecule is C[CH]1[CH](C)[Zr+2]1([CH]1C=Cc2c(C3CCCCC3)cccc21)[CH]1C=Cc2c(C3CCCCC3)cccc21.[Cl-].[Cl-]. The smallest absolute Gasteiger partial charge is 1.00 e.